The van der Waals surface area contributed by atoms with E-state index >= 15 is 0 Å². The highest BCUT2D eigenvalue weighted by molar-refractivity contribution is 5.97. The second kappa shape index (κ2) is 17.3. The lowest BCUT2D eigenvalue weighted by Gasteiger charge is -2.34. The van der Waals surface area contributed by atoms with Gasteiger partial charge in [0.2, 0.25) is 0 Å². The van der Waals surface area contributed by atoms with Crippen LogP contribution in [0.2, 0.25) is 0 Å². The highest BCUT2D eigenvalue weighted by Gasteiger charge is 2.38. The molecular weight excluding hydrogens is 799 g/mol. The van der Waals surface area contributed by atoms with E-state index in [1.54, 1.807) is 0 Å². The molecule has 66 heavy (non-hydrogen) atoms. The molecule has 3 heteroatoms. The molecular formula is C63H49N3. The molecule has 316 valence electrons. The van der Waals surface area contributed by atoms with Crippen molar-refractivity contribution in [3.05, 3.63) is 272 Å². The summed E-state index contributed by atoms with van der Waals surface area (Å²) in [5, 5.41) is 0. The van der Waals surface area contributed by atoms with Crippen molar-refractivity contribution in [3.8, 4) is 33.4 Å². The zero-order valence-corrected chi connectivity index (χ0v) is 37.2. The Labute approximate surface area is 388 Å². The monoisotopic (exact) mass is 847 g/mol. The van der Waals surface area contributed by atoms with Crippen LogP contribution in [0.1, 0.15) is 25.0 Å². The molecule has 0 aliphatic heterocycles. The van der Waals surface area contributed by atoms with Crippen LogP contribution in [0, 0.1) is 0 Å². The van der Waals surface area contributed by atoms with E-state index < -0.39 is 0 Å². The maximum atomic E-state index is 2.48. The third kappa shape index (κ3) is 7.41. The average molecular weight is 848 g/mol. The van der Waals surface area contributed by atoms with Gasteiger partial charge < -0.3 is 14.7 Å². The van der Waals surface area contributed by atoms with Gasteiger partial charge in [-0.25, -0.2) is 0 Å². The first kappa shape index (κ1) is 40.4. The van der Waals surface area contributed by atoms with Crippen LogP contribution in [0.4, 0.5) is 51.2 Å². The summed E-state index contributed by atoms with van der Waals surface area (Å²) in [6.07, 6.45) is 0. The summed E-state index contributed by atoms with van der Waals surface area (Å²) in [7, 11) is 0. The Kier molecular flexibility index (Phi) is 10.6. The molecule has 0 radical (unpaired) electrons. The maximum absolute atomic E-state index is 2.48. The Morgan fingerprint density at radius 2 is 0.652 bits per heavy atom. The fourth-order valence-electron chi connectivity index (χ4n) is 9.90. The van der Waals surface area contributed by atoms with Crippen molar-refractivity contribution in [3.63, 3.8) is 0 Å². The van der Waals surface area contributed by atoms with Gasteiger partial charge in [0.25, 0.3) is 0 Å². The second-order valence-electron chi connectivity index (χ2n) is 17.4. The zero-order chi connectivity index (χ0) is 44.5. The Morgan fingerprint density at radius 1 is 0.258 bits per heavy atom. The lowest BCUT2D eigenvalue weighted by molar-refractivity contribution is 0.660. The summed E-state index contributed by atoms with van der Waals surface area (Å²) < 4.78 is 0. The van der Waals surface area contributed by atoms with E-state index in [9.17, 15) is 0 Å². The molecule has 0 saturated heterocycles. The first-order valence-corrected chi connectivity index (χ1v) is 22.8. The molecule has 0 aromatic heterocycles. The molecule has 0 N–H and O–H groups in total. The predicted molar refractivity (Wildman–Crippen MR) is 279 cm³/mol. The molecule has 0 fully saturated rings. The third-order valence-electron chi connectivity index (χ3n) is 13.0. The van der Waals surface area contributed by atoms with Crippen LogP contribution < -0.4 is 14.7 Å². The van der Waals surface area contributed by atoms with E-state index in [0.717, 1.165) is 62.3 Å². The summed E-state index contributed by atoms with van der Waals surface area (Å²) in [6.45, 7) is 4.76. The minimum atomic E-state index is -0.252. The molecule has 0 bridgehead atoms. The molecule has 11 rings (SSSR count). The quantitative estimate of drug-likeness (QED) is 0.128. The Morgan fingerprint density at radius 3 is 1.14 bits per heavy atom. The van der Waals surface area contributed by atoms with E-state index in [-0.39, 0.29) is 5.41 Å². The average Bonchev–Trinajstić information content (AvgIpc) is 3.61. The highest BCUT2D eigenvalue weighted by atomic mass is 15.2. The second-order valence-corrected chi connectivity index (χ2v) is 17.4. The third-order valence-corrected chi connectivity index (χ3v) is 13.0. The van der Waals surface area contributed by atoms with Crippen LogP contribution in [0.5, 0.6) is 0 Å². The number of rotatable bonds is 11. The van der Waals surface area contributed by atoms with Gasteiger partial charge in [0.1, 0.15) is 0 Å². The fraction of sp³-hybridized carbons (Fsp3) is 0.0476. The smallest absolute Gasteiger partial charge is 0.0540 e. The molecule has 1 aliphatic carbocycles. The molecule has 0 spiro atoms. The van der Waals surface area contributed by atoms with Crippen molar-refractivity contribution < 1.29 is 0 Å². The summed E-state index contributed by atoms with van der Waals surface area (Å²) in [4.78, 5) is 7.22. The minimum absolute atomic E-state index is 0.252. The van der Waals surface area contributed by atoms with E-state index in [1.807, 2.05) is 0 Å². The number of anilines is 9. The van der Waals surface area contributed by atoms with Crippen LogP contribution in [0.25, 0.3) is 33.4 Å². The summed E-state index contributed by atoms with van der Waals surface area (Å²) >= 11 is 0. The first-order chi connectivity index (χ1) is 32.5. The minimum Gasteiger partial charge on any atom is -0.310 e. The SMILES string of the molecule is CC1(C)c2cc(N(c3cc(N(c4ccccc4)c4ccccc4)cc(N(c4ccccc4)c4ccccc4)c3)c3ccccc3-c3ccccc3)ccc2-c2c(-c3ccccc3)cccc21. The van der Waals surface area contributed by atoms with Gasteiger partial charge in [-0.05, 0) is 124 Å². The van der Waals surface area contributed by atoms with Gasteiger partial charge in [-0.15, -0.1) is 0 Å². The van der Waals surface area contributed by atoms with Gasteiger partial charge in [0.15, 0.2) is 0 Å². The molecule has 0 heterocycles. The van der Waals surface area contributed by atoms with Crippen molar-refractivity contribution in [2.24, 2.45) is 0 Å². The van der Waals surface area contributed by atoms with Crippen LogP contribution in [0.15, 0.2) is 261 Å². The molecule has 3 nitrogen and oxygen atoms in total. The molecule has 0 saturated carbocycles. The van der Waals surface area contributed by atoms with Crippen LogP contribution in [-0.2, 0) is 5.41 Å². The topological polar surface area (TPSA) is 9.72 Å². The van der Waals surface area contributed by atoms with Crippen molar-refractivity contribution in [2.75, 3.05) is 14.7 Å². The highest BCUT2D eigenvalue weighted by Crippen LogP contribution is 2.55. The Balaban J connectivity index is 1.20. The summed E-state index contributed by atoms with van der Waals surface area (Å²) in [6, 6.07) is 94.3. The molecule has 0 unspecified atom stereocenters. The standard InChI is InChI=1S/C63H49N3/c1-63(2)59-38-23-37-57(47-26-11-4-12-27-47)62(59)58-41-40-52(45-60(58)63)66(61-39-22-21-36-56(61)46-24-9-3-10-25-46)55-43-53(64(48-28-13-5-14-29-48)49-30-15-6-16-31-49)42-54(44-55)65(50-32-17-7-18-33-50)51-34-19-8-20-35-51/h3-45H,1-2H3. The maximum Gasteiger partial charge on any atom is 0.0540 e. The number of fused-ring (bicyclic) bond motifs is 3. The lowest BCUT2D eigenvalue weighted by atomic mass is 9.81. The van der Waals surface area contributed by atoms with Gasteiger partial charge in [-0.2, -0.15) is 0 Å². The van der Waals surface area contributed by atoms with E-state index in [4.69, 9.17) is 0 Å². The summed E-state index contributed by atoms with van der Waals surface area (Å²) in [5.74, 6) is 0. The predicted octanol–water partition coefficient (Wildman–Crippen LogP) is 17.7. The van der Waals surface area contributed by atoms with Crippen molar-refractivity contribution >= 4 is 51.2 Å². The number of benzene rings is 10. The normalized spacial score (nSPS) is 12.2. The van der Waals surface area contributed by atoms with Crippen LogP contribution >= 0.6 is 0 Å². The fourth-order valence-corrected chi connectivity index (χ4v) is 9.90. The Bertz CT molecular complexity index is 3080. The van der Waals surface area contributed by atoms with Gasteiger partial charge in [-0.3, -0.25) is 0 Å². The van der Waals surface area contributed by atoms with Gasteiger partial charge >= 0.3 is 0 Å². The number of nitrogens with zero attached hydrogens (tertiary/aromatic N) is 3. The number of para-hydroxylation sites is 5. The molecule has 10 aromatic rings. The van der Waals surface area contributed by atoms with Gasteiger partial charge in [-0.1, -0.05) is 190 Å². The largest absolute Gasteiger partial charge is 0.310 e. The summed E-state index contributed by atoms with van der Waals surface area (Å²) in [5.41, 5.74) is 19.3. The van der Waals surface area contributed by atoms with E-state index in [2.05, 4.69) is 289 Å². The molecule has 0 amide bonds. The van der Waals surface area contributed by atoms with Crippen molar-refractivity contribution in [1.82, 2.24) is 0 Å². The van der Waals surface area contributed by atoms with Gasteiger partial charge in [0, 0.05) is 39.4 Å². The molecule has 10 aromatic carbocycles. The van der Waals surface area contributed by atoms with E-state index in [1.165, 1.54) is 33.4 Å². The lowest BCUT2D eigenvalue weighted by Crippen LogP contribution is -2.18. The number of hydrogen-bond donors (Lipinski definition) is 0. The van der Waals surface area contributed by atoms with Gasteiger partial charge in [0.05, 0.1) is 22.7 Å². The Hall–Kier alpha value is -8.40. The molecule has 1 aliphatic rings. The molecule has 0 atom stereocenters. The van der Waals surface area contributed by atoms with E-state index in [0.29, 0.717) is 0 Å². The van der Waals surface area contributed by atoms with Crippen molar-refractivity contribution in [2.45, 2.75) is 19.3 Å². The zero-order valence-electron chi connectivity index (χ0n) is 37.2. The first-order valence-electron chi connectivity index (χ1n) is 22.8. The van der Waals surface area contributed by atoms with Crippen LogP contribution in [0.3, 0.4) is 0 Å². The number of hydrogen-bond acceptors (Lipinski definition) is 3. The van der Waals surface area contributed by atoms with Crippen molar-refractivity contribution in [1.29, 1.82) is 0 Å². The van der Waals surface area contributed by atoms with Crippen LogP contribution in [-0.4, -0.2) is 0 Å².